The molecule has 0 spiro atoms. The van der Waals surface area contributed by atoms with Crippen molar-refractivity contribution >= 4 is 29.2 Å². The first-order chi connectivity index (χ1) is 19.0. The number of carbonyl (C=O) groups is 2. The number of phenols is 1. The van der Waals surface area contributed by atoms with Crippen LogP contribution >= 0.6 is 11.6 Å². The van der Waals surface area contributed by atoms with E-state index in [1.807, 2.05) is 24.3 Å². The Morgan fingerprint density at radius 3 is 2.64 bits per heavy atom. The Hall–Kier alpha value is -4.50. The van der Waals surface area contributed by atoms with Crippen LogP contribution in [-0.4, -0.2) is 33.6 Å². The first kappa shape index (κ1) is 24.8. The number of aromatic nitrogens is 2. The summed E-state index contributed by atoms with van der Waals surface area (Å²) in [6.07, 6.45) is 3.00. The normalized spacial score (nSPS) is 14.1. The van der Waals surface area contributed by atoms with Crippen LogP contribution in [0.25, 0.3) is 11.3 Å². The van der Waals surface area contributed by atoms with Gasteiger partial charge in [-0.1, -0.05) is 36.2 Å². The minimum atomic E-state index is -0.380. The molecule has 1 aliphatic heterocycles. The molecule has 0 unspecified atom stereocenters. The van der Waals surface area contributed by atoms with Gasteiger partial charge < -0.3 is 25.2 Å². The van der Waals surface area contributed by atoms with Gasteiger partial charge in [-0.05, 0) is 66.9 Å². The van der Waals surface area contributed by atoms with Crippen molar-refractivity contribution in [3.63, 3.8) is 0 Å². The van der Waals surface area contributed by atoms with Crippen molar-refractivity contribution in [3.05, 3.63) is 88.6 Å². The second-order valence-corrected chi connectivity index (χ2v) is 9.91. The minimum absolute atomic E-state index is 0.0163. The molecule has 9 nitrogen and oxygen atoms in total. The van der Waals surface area contributed by atoms with Gasteiger partial charge in [-0.3, -0.25) is 4.79 Å². The van der Waals surface area contributed by atoms with Gasteiger partial charge in [-0.15, -0.1) is 0 Å². The maximum absolute atomic E-state index is 13.2. The van der Waals surface area contributed by atoms with Crippen LogP contribution in [0.15, 0.2) is 66.7 Å². The molecule has 6 rings (SSSR count). The molecule has 3 N–H and O–H groups in total. The molecule has 1 aromatic heterocycles. The number of hydrogen-bond acceptors (Lipinski definition) is 6. The number of benzene rings is 3. The van der Waals surface area contributed by atoms with E-state index >= 15 is 0 Å². The number of fused-ring (bicyclic) bond motifs is 1. The zero-order valence-electron chi connectivity index (χ0n) is 20.8. The van der Waals surface area contributed by atoms with E-state index in [0.717, 1.165) is 30.5 Å². The summed E-state index contributed by atoms with van der Waals surface area (Å²) in [6.45, 7) is 0.375. The van der Waals surface area contributed by atoms with Gasteiger partial charge >= 0.3 is 6.03 Å². The van der Waals surface area contributed by atoms with Crippen molar-refractivity contribution in [3.8, 4) is 28.5 Å². The van der Waals surface area contributed by atoms with Gasteiger partial charge in [0.05, 0.1) is 11.4 Å². The smallest absolute Gasteiger partial charge is 0.342 e. The van der Waals surface area contributed by atoms with E-state index in [1.165, 1.54) is 10.7 Å². The summed E-state index contributed by atoms with van der Waals surface area (Å²) in [6, 6.07) is 18.5. The van der Waals surface area contributed by atoms with Gasteiger partial charge in [0.15, 0.2) is 11.5 Å². The molecule has 2 amide bonds. The van der Waals surface area contributed by atoms with Gasteiger partial charge in [0.1, 0.15) is 5.75 Å². The third-order valence-corrected chi connectivity index (χ3v) is 7.37. The number of halogens is 1. The lowest BCUT2D eigenvalue weighted by molar-refractivity contribution is 0.102. The highest BCUT2D eigenvalue weighted by molar-refractivity contribution is 6.31. The second-order valence-electron chi connectivity index (χ2n) is 9.50. The number of amides is 2. The fraction of sp³-hybridized carbons (Fsp3) is 0.207. The molecule has 0 atom stereocenters. The molecule has 4 aromatic rings. The number of ether oxygens (including phenoxy) is 2. The maximum atomic E-state index is 13.2. The molecule has 0 bridgehead atoms. The van der Waals surface area contributed by atoms with Gasteiger partial charge in [0, 0.05) is 34.3 Å². The zero-order valence-corrected chi connectivity index (χ0v) is 21.6. The van der Waals surface area contributed by atoms with Crippen LogP contribution < -0.4 is 20.1 Å². The molecule has 10 heteroatoms. The summed E-state index contributed by atoms with van der Waals surface area (Å²) >= 11 is 6.24. The molecule has 1 saturated carbocycles. The number of phenolic OH excluding ortho intramolecular Hbond substituents is 1. The van der Waals surface area contributed by atoms with Gasteiger partial charge in [0.2, 0.25) is 6.79 Å². The SMILES string of the molecule is O=C(Nc1ccc(O)c(-c2cc(C3CCC3)n(C(=O)NCc3ccccc3Cl)n2)c1)c1ccc2c(c1)OCO2. The van der Waals surface area contributed by atoms with E-state index in [9.17, 15) is 14.7 Å². The largest absolute Gasteiger partial charge is 0.507 e. The summed E-state index contributed by atoms with van der Waals surface area (Å²) in [4.78, 5) is 26.1. The highest BCUT2D eigenvalue weighted by Gasteiger charge is 2.28. The first-order valence-corrected chi connectivity index (χ1v) is 13.0. The average molecular weight is 545 g/mol. The quantitative estimate of drug-likeness (QED) is 0.260. The van der Waals surface area contributed by atoms with Crippen molar-refractivity contribution in [2.45, 2.75) is 31.7 Å². The van der Waals surface area contributed by atoms with Crippen LogP contribution in [0, 0.1) is 0 Å². The topological polar surface area (TPSA) is 115 Å². The second kappa shape index (κ2) is 10.3. The van der Waals surface area contributed by atoms with E-state index in [0.29, 0.717) is 39.0 Å². The van der Waals surface area contributed by atoms with Gasteiger partial charge in [-0.2, -0.15) is 9.78 Å². The van der Waals surface area contributed by atoms with Crippen LogP contribution in [0.1, 0.15) is 46.8 Å². The minimum Gasteiger partial charge on any atom is -0.507 e. The Bertz CT molecular complexity index is 1580. The van der Waals surface area contributed by atoms with Crippen molar-refractivity contribution in [1.82, 2.24) is 15.1 Å². The standard InChI is InChI=1S/C29H25ClN4O5/c30-22-7-2-1-4-19(22)15-31-29(37)34-24(17-5-3-6-17)14-23(33-34)21-13-20(9-10-25(21)35)32-28(36)18-8-11-26-27(12-18)39-16-38-26/h1-2,4,7-14,17,35H,3,5-6,15-16H2,(H,31,37)(H,32,36). The Kier molecular flexibility index (Phi) is 6.58. The number of rotatable bonds is 6. The molecular weight excluding hydrogens is 520 g/mol. The highest BCUT2D eigenvalue weighted by Crippen LogP contribution is 2.39. The average Bonchev–Trinajstić information content (AvgIpc) is 3.55. The number of carbonyl (C=O) groups excluding carboxylic acids is 2. The molecule has 2 heterocycles. The lowest BCUT2D eigenvalue weighted by atomic mass is 9.82. The van der Waals surface area contributed by atoms with Gasteiger partial charge in [-0.25, -0.2) is 4.79 Å². The van der Waals surface area contributed by atoms with Crippen molar-refractivity contribution in [2.75, 3.05) is 12.1 Å². The first-order valence-electron chi connectivity index (χ1n) is 12.6. The van der Waals surface area contributed by atoms with E-state index in [1.54, 1.807) is 36.4 Å². The summed E-state index contributed by atoms with van der Waals surface area (Å²) < 4.78 is 12.0. The lowest BCUT2D eigenvalue weighted by Gasteiger charge is -2.25. The highest BCUT2D eigenvalue weighted by atomic mass is 35.5. The number of aromatic hydroxyl groups is 1. The summed E-state index contributed by atoms with van der Waals surface area (Å²) in [5.74, 6) is 0.943. The molecular formula is C29H25ClN4O5. The zero-order chi connectivity index (χ0) is 26.9. The summed E-state index contributed by atoms with van der Waals surface area (Å²) in [7, 11) is 0. The van der Waals surface area contributed by atoms with Crippen molar-refractivity contribution in [2.24, 2.45) is 0 Å². The number of anilines is 1. The summed E-state index contributed by atoms with van der Waals surface area (Å²) in [5, 5.41) is 21.5. The number of nitrogens with one attached hydrogen (secondary N) is 2. The van der Waals surface area contributed by atoms with Crippen LogP contribution in [-0.2, 0) is 6.54 Å². The monoisotopic (exact) mass is 544 g/mol. The fourth-order valence-electron chi connectivity index (χ4n) is 4.63. The Balaban J connectivity index is 1.25. The number of nitrogens with zero attached hydrogens (tertiary/aromatic N) is 2. The van der Waals surface area contributed by atoms with Crippen LogP contribution in [0.4, 0.5) is 10.5 Å². The van der Waals surface area contributed by atoms with Crippen molar-refractivity contribution < 1.29 is 24.2 Å². The molecule has 0 radical (unpaired) electrons. The lowest BCUT2D eigenvalue weighted by Crippen LogP contribution is -2.31. The fourth-order valence-corrected chi connectivity index (χ4v) is 4.83. The predicted molar refractivity (Wildman–Crippen MR) is 146 cm³/mol. The van der Waals surface area contributed by atoms with Crippen LogP contribution in [0.2, 0.25) is 5.02 Å². The predicted octanol–water partition coefficient (Wildman–Crippen LogP) is 5.92. The van der Waals surface area contributed by atoms with Crippen LogP contribution in [0.5, 0.6) is 17.2 Å². The molecule has 1 fully saturated rings. The van der Waals surface area contributed by atoms with Crippen molar-refractivity contribution in [1.29, 1.82) is 0 Å². The molecule has 2 aliphatic rings. The molecule has 198 valence electrons. The molecule has 3 aromatic carbocycles. The third kappa shape index (κ3) is 5.00. The van der Waals surface area contributed by atoms with E-state index in [-0.39, 0.29) is 36.9 Å². The maximum Gasteiger partial charge on any atom is 0.342 e. The summed E-state index contributed by atoms with van der Waals surface area (Å²) in [5.41, 5.74) is 3.28. The van der Waals surface area contributed by atoms with Crippen LogP contribution in [0.3, 0.4) is 0 Å². The van der Waals surface area contributed by atoms with E-state index in [2.05, 4.69) is 15.7 Å². The Labute approximate surface area is 229 Å². The van der Waals surface area contributed by atoms with E-state index in [4.69, 9.17) is 21.1 Å². The Morgan fingerprint density at radius 2 is 1.85 bits per heavy atom. The van der Waals surface area contributed by atoms with Gasteiger partial charge in [0.25, 0.3) is 5.91 Å². The van der Waals surface area contributed by atoms with E-state index < -0.39 is 0 Å². The Morgan fingerprint density at radius 1 is 1.03 bits per heavy atom. The third-order valence-electron chi connectivity index (χ3n) is 7.01. The molecule has 39 heavy (non-hydrogen) atoms. The number of hydrogen-bond donors (Lipinski definition) is 3. The molecule has 1 aliphatic carbocycles. The molecule has 0 saturated heterocycles.